The summed E-state index contributed by atoms with van der Waals surface area (Å²) in [6, 6.07) is 0.547. The summed E-state index contributed by atoms with van der Waals surface area (Å²) in [5.41, 5.74) is 0.387. The molecular weight excluding hydrogens is 222 g/mol. The van der Waals surface area contributed by atoms with E-state index in [2.05, 4.69) is 26.1 Å². The highest BCUT2D eigenvalue weighted by Crippen LogP contribution is 2.38. The van der Waals surface area contributed by atoms with Gasteiger partial charge in [-0.25, -0.2) is 0 Å². The Hall–Kier alpha value is -0.0800. The summed E-state index contributed by atoms with van der Waals surface area (Å²) >= 11 is 0. The molecule has 0 radical (unpaired) electrons. The van der Waals surface area contributed by atoms with Crippen LogP contribution in [0.4, 0.5) is 0 Å². The molecular formula is C16H31NO. The highest BCUT2D eigenvalue weighted by molar-refractivity contribution is 4.94. The van der Waals surface area contributed by atoms with E-state index >= 15 is 0 Å². The summed E-state index contributed by atoms with van der Waals surface area (Å²) in [6.07, 6.45) is 9.73. The Kier molecular flexibility index (Phi) is 5.08. The van der Waals surface area contributed by atoms with E-state index in [4.69, 9.17) is 4.74 Å². The van der Waals surface area contributed by atoms with Gasteiger partial charge in [0.25, 0.3) is 0 Å². The molecule has 106 valence electrons. The predicted molar refractivity (Wildman–Crippen MR) is 76.8 cm³/mol. The summed E-state index contributed by atoms with van der Waals surface area (Å²) in [5.74, 6) is 0.989. The van der Waals surface area contributed by atoms with Gasteiger partial charge < -0.3 is 10.1 Å². The van der Waals surface area contributed by atoms with Gasteiger partial charge in [0.2, 0.25) is 0 Å². The molecule has 0 amide bonds. The molecule has 0 bridgehead atoms. The Morgan fingerprint density at radius 2 is 2.00 bits per heavy atom. The van der Waals surface area contributed by atoms with Gasteiger partial charge in [-0.15, -0.1) is 0 Å². The van der Waals surface area contributed by atoms with Crippen molar-refractivity contribution in [3.8, 4) is 0 Å². The van der Waals surface area contributed by atoms with Gasteiger partial charge in [-0.1, -0.05) is 40.0 Å². The van der Waals surface area contributed by atoms with E-state index in [0.29, 0.717) is 17.6 Å². The van der Waals surface area contributed by atoms with Crippen molar-refractivity contribution in [3.63, 3.8) is 0 Å². The van der Waals surface area contributed by atoms with Crippen LogP contribution in [0.2, 0.25) is 0 Å². The van der Waals surface area contributed by atoms with Crippen LogP contribution < -0.4 is 5.32 Å². The first-order valence-corrected chi connectivity index (χ1v) is 7.98. The molecule has 0 heterocycles. The molecule has 0 aromatic rings. The van der Waals surface area contributed by atoms with Gasteiger partial charge in [-0.05, 0) is 43.6 Å². The lowest BCUT2D eigenvalue weighted by Gasteiger charge is -2.44. The SMILES string of the molecule is CCCNC1C(OCCC2CC2)CCCC1(C)C. The molecule has 2 rings (SSSR count). The van der Waals surface area contributed by atoms with Crippen LogP contribution in [0.1, 0.15) is 65.7 Å². The maximum atomic E-state index is 6.22. The van der Waals surface area contributed by atoms with Crippen LogP contribution in [-0.4, -0.2) is 25.3 Å². The Morgan fingerprint density at radius 3 is 2.67 bits per heavy atom. The molecule has 1 N–H and O–H groups in total. The van der Waals surface area contributed by atoms with Crippen molar-refractivity contribution >= 4 is 0 Å². The Bertz CT molecular complexity index is 247. The van der Waals surface area contributed by atoms with E-state index in [-0.39, 0.29) is 0 Å². The van der Waals surface area contributed by atoms with Crippen molar-refractivity contribution in [3.05, 3.63) is 0 Å². The molecule has 2 heteroatoms. The second-order valence-corrected chi connectivity index (χ2v) is 6.95. The van der Waals surface area contributed by atoms with Gasteiger partial charge in [-0.3, -0.25) is 0 Å². The lowest BCUT2D eigenvalue weighted by molar-refractivity contribution is -0.0388. The standard InChI is InChI=1S/C16H31NO/c1-4-11-17-15-14(6-5-10-16(15,2)3)18-12-9-13-7-8-13/h13-15,17H,4-12H2,1-3H3. The van der Waals surface area contributed by atoms with Crippen LogP contribution in [-0.2, 0) is 4.74 Å². The normalized spacial score (nSPS) is 31.5. The summed E-state index contributed by atoms with van der Waals surface area (Å²) in [7, 11) is 0. The van der Waals surface area contributed by atoms with Gasteiger partial charge in [0.15, 0.2) is 0 Å². The first-order valence-electron chi connectivity index (χ1n) is 7.98. The maximum absolute atomic E-state index is 6.22. The molecule has 0 aromatic carbocycles. The Balaban J connectivity index is 1.82. The van der Waals surface area contributed by atoms with Crippen LogP contribution in [0.25, 0.3) is 0 Å². The van der Waals surface area contributed by atoms with Crippen molar-refractivity contribution in [2.75, 3.05) is 13.2 Å². The number of nitrogens with one attached hydrogen (secondary N) is 1. The monoisotopic (exact) mass is 253 g/mol. The van der Waals surface area contributed by atoms with E-state index < -0.39 is 0 Å². The number of hydrogen-bond donors (Lipinski definition) is 1. The lowest BCUT2D eigenvalue weighted by Crippen LogP contribution is -2.53. The van der Waals surface area contributed by atoms with Gasteiger partial charge in [0, 0.05) is 12.6 Å². The Labute approximate surface area is 113 Å². The number of ether oxygens (including phenoxy) is 1. The van der Waals surface area contributed by atoms with E-state index in [0.717, 1.165) is 19.1 Å². The van der Waals surface area contributed by atoms with Gasteiger partial charge in [-0.2, -0.15) is 0 Å². The molecule has 2 unspecified atom stereocenters. The van der Waals surface area contributed by atoms with Gasteiger partial charge in [0.05, 0.1) is 6.10 Å². The van der Waals surface area contributed by atoms with Crippen molar-refractivity contribution < 1.29 is 4.74 Å². The minimum atomic E-state index is 0.387. The van der Waals surface area contributed by atoms with E-state index in [1.54, 1.807) is 0 Å². The van der Waals surface area contributed by atoms with Crippen LogP contribution in [0.5, 0.6) is 0 Å². The summed E-state index contributed by atoms with van der Waals surface area (Å²) < 4.78 is 6.22. The van der Waals surface area contributed by atoms with Crippen LogP contribution in [0, 0.1) is 11.3 Å². The topological polar surface area (TPSA) is 21.3 Å². The molecule has 2 aliphatic carbocycles. The van der Waals surface area contributed by atoms with Crippen molar-refractivity contribution in [2.24, 2.45) is 11.3 Å². The quantitative estimate of drug-likeness (QED) is 0.746. The molecule has 2 aliphatic rings. The minimum Gasteiger partial charge on any atom is -0.377 e. The third kappa shape index (κ3) is 3.96. The van der Waals surface area contributed by atoms with Crippen LogP contribution in [0.3, 0.4) is 0 Å². The smallest absolute Gasteiger partial charge is 0.0733 e. The van der Waals surface area contributed by atoms with E-state index in [1.165, 1.54) is 44.9 Å². The first kappa shape index (κ1) is 14.3. The average molecular weight is 253 g/mol. The fraction of sp³-hybridized carbons (Fsp3) is 1.00. The molecule has 0 spiro atoms. The molecule has 2 nitrogen and oxygen atoms in total. The van der Waals surface area contributed by atoms with E-state index in [1.807, 2.05) is 0 Å². The third-order valence-corrected chi connectivity index (χ3v) is 4.69. The zero-order valence-corrected chi connectivity index (χ0v) is 12.5. The van der Waals surface area contributed by atoms with Gasteiger partial charge in [0.1, 0.15) is 0 Å². The average Bonchev–Trinajstić information content (AvgIpc) is 3.11. The molecule has 2 saturated carbocycles. The zero-order chi connectivity index (χ0) is 13.0. The van der Waals surface area contributed by atoms with Crippen molar-refractivity contribution in [1.29, 1.82) is 0 Å². The van der Waals surface area contributed by atoms with Crippen LogP contribution in [0.15, 0.2) is 0 Å². The summed E-state index contributed by atoms with van der Waals surface area (Å²) in [4.78, 5) is 0. The second kappa shape index (κ2) is 6.38. The zero-order valence-electron chi connectivity index (χ0n) is 12.5. The fourth-order valence-corrected chi connectivity index (χ4v) is 3.26. The summed E-state index contributed by atoms with van der Waals surface area (Å²) in [6.45, 7) is 9.14. The van der Waals surface area contributed by atoms with Crippen molar-refractivity contribution in [1.82, 2.24) is 5.32 Å². The largest absolute Gasteiger partial charge is 0.377 e. The third-order valence-electron chi connectivity index (χ3n) is 4.69. The Morgan fingerprint density at radius 1 is 1.22 bits per heavy atom. The van der Waals surface area contributed by atoms with E-state index in [9.17, 15) is 0 Å². The van der Waals surface area contributed by atoms with Gasteiger partial charge >= 0.3 is 0 Å². The van der Waals surface area contributed by atoms with Crippen LogP contribution >= 0.6 is 0 Å². The molecule has 0 aromatic heterocycles. The lowest BCUT2D eigenvalue weighted by atomic mass is 9.71. The highest BCUT2D eigenvalue weighted by Gasteiger charge is 2.39. The molecule has 2 atom stereocenters. The molecule has 18 heavy (non-hydrogen) atoms. The molecule has 0 saturated heterocycles. The predicted octanol–water partition coefficient (Wildman–Crippen LogP) is 3.75. The highest BCUT2D eigenvalue weighted by atomic mass is 16.5. The molecule has 2 fully saturated rings. The minimum absolute atomic E-state index is 0.387. The number of rotatable bonds is 7. The second-order valence-electron chi connectivity index (χ2n) is 6.95. The van der Waals surface area contributed by atoms with Crippen molar-refractivity contribution in [2.45, 2.75) is 77.9 Å². The maximum Gasteiger partial charge on any atom is 0.0733 e. The summed E-state index contributed by atoms with van der Waals surface area (Å²) in [5, 5.41) is 3.74. The number of hydrogen-bond acceptors (Lipinski definition) is 2. The fourth-order valence-electron chi connectivity index (χ4n) is 3.26. The molecule has 0 aliphatic heterocycles. The first-order chi connectivity index (χ1) is 8.63.